The van der Waals surface area contributed by atoms with E-state index >= 15 is 0 Å². The first-order chi connectivity index (χ1) is 16.6. The number of rotatable bonds is 9. The molecule has 3 aromatic carbocycles. The topological polar surface area (TPSA) is 77.7 Å². The van der Waals surface area contributed by atoms with Crippen LogP contribution in [0.3, 0.4) is 0 Å². The zero-order chi connectivity index (χ0) is 23.9. The van der Waals surface area contributed by atoms with Gasteiger partial charge in [0.25, 0.3) is 11.5 Å². The standard InChI is InChI=1S/C27H28N4O3/c1-30(19-20-10-4-3-5-11-20)17-9-16-28-26(32)25-23-14-6-7-15-24(23)27(33)31(29-25)21-12-8-13-22(18-21)34-2/h3-8,10-15,18H,9,16-17,19H2,1-2H3,(H,28,32)/p+1. The molecule has 1 amide bonds. The van der Waals surface area contributed by atoms with E-state index in [1.807, 2.05) is 18.2 Å². The van der Waals surface area contributed by atoms with Crippen LogP contribution in [0.25, 0.3) is 16.5 Å². The molecule has 0 bridgehead atoms. The van der Waals surface area contributed by atoms with Crippen molar-refractivity contribution in [1.82, 2.24) is 15.1 Å². The lowest BCUT2D eigenvalue weighted by molar-refractivity contribution is -0.893. The summed E-state index contributed by atoms with van der Waals surface area (Å²) in [6.07, 6.45) is 0.831. The van der Waals surface area contributed by atoms with E-state index in [4.69, 9.17) is 4.74 Å². The lowest BCUT2D eigenvalue weighted by Crippen LogP contribution is -3.07. The first-order valence-electron chi connectivity index (χ1n) is 11.4. The highest BCUT2D eigenvalue weighted by Gasteiger charge is 2.17. The van der Waals surface area contributed by atoms with Gasteiger partial charge in [-0.15, -0.1) is 0 Å². The Balaban J connectivity index is 1.50. The van der Waals surface area contributed by atoms with Gasteiger partial charge < -0.3 is 15.0 Å². The minimum Gasteiger partial charge on any atom is -0.497 e. The number of carbonyl (C=O) groups is 1. The Labute approximate surface area is 198 Å². The Morgan fingerprint density at radius 2 is 1.74 bits per heavy atom. The van der Waals surface area contributed by atoms with Gasteiger partial charge >= 0.3 is 0 Å². The number of nitrogens with zero attached hydrogens (tertiary/aromatic N) is 2. The SMILES string of the molecule is COc1cccc(-n2nc(C(=O)NCCC[NH+](C)Cc3ccccc3)c3ccccc3c2=O)c1. The van der Waals surface area contributed by atoms with Gasteiger partial charge in [0.2, 0.25) is 0 Å². The number of amides is 1. The molecule has 1 atom stereocenters. The van der Waals surface area contributed by atoms with Crippen molar-refractivity contribution in [2.75, 3.05) is 27.2 Å². The van der Waals surface area contributed by atoms with Crippen LogP contribution in [0.15, 0.2) is 83.7 Å². The number of hydrogen-bond donors (Lipinski definition) is 2. The summed E-state index contributed by atoms with van der Waals surface area (Å²) in [5.41, 5.74) is 1.77. The van der Waals surface area contributed by atoms with Crippen molar-refractivity contribution in [3.05, 3.63) is 100 Å². The molecule has 4 rings (SSSR count). The maximum absolute atomic E-state index is 13.1. The van der Waals surface area contributed by atoms with E-state index in [0.717, 1.165) is 19.5 Å². The molecule has 1 aromatic heterocycles. The zero-order valence-corrected chi connectivity index (χ0v) is 19.5. The van der Waals surface area contributed by atoms with E-state index in [2.05, 4.69) is 29.6 Å². The van der Waals surface area contributed by atoms with Gasteiger partial charge in [-0.25, -0.2) is 0 Å². The van der Waals surface area contributed by atoms with Crippen molar-refractivity contribution in [1.29, 1.82) is 0 Å². The van der Waals surface area contributed by atoms with Gasteiger partial charge in [-0.2, -0.15) is 9.78 Å². The number of fused-ring (bicyclic) bond motifs is 1. The van der Waals surface area contributed by atoms with Crippen LogP contribution in [-0.2, 0) is 6.54 Å². The molecule has 0 aliphatic heterocycles. The fourth-order valence-electron chi connectivity index (χ4n) is 3.98. The Morgan fingerprint density at radius 3 is 2.50 bits per heavy atom. The first-order valence-corrected chi connectivity index (χ1v) is 11.4. The molecule has 2 N–H and O–H groups in total. The lowest BCUT2D eigenvalue weighted by atomic mass is 10.1. The number of carbonyl (C=O) groups excluding carboxylic acids is 1. The van der Waals surface area contributed by atoms with Crippen LogP contribution < -0.4 is 20.5 Å². The monoisotopic (exact) mass is 457 g/mol. The fourth-order valence-corrected chi connectivity index (χ4v) is 3.98. The molecule has 1 heterocycles. The van der Waals surface area contributed by atoms with Crippen LogP contribution in [0.1, 0.15) is 22.5 Å². The van der Waals surface area contributed by atoms with Crippen LogP contribution in [0, 0.1) is 0 Å². The molecule has 174 valence electrons. The van der Waals surface area contributed by atoms with Gasteiger partial charge in [-0.1, -0.05) is 54.6 Å². The Bertz CT molecular complexity index is 1330. The van der Waals surface area contributed by atoms with E-state index in [1.54, 1.807) is 55.6 Å². The molecule has 0 saturated heterocycles. The summed E-state index contributed by atoms with van der Waals surface area (Å²) in [6.45, 7) is 2.39. The Morgan fingerprint density at radius 1 is 1.00 bits per heavy atom. The minimum absolute atomic E-state index is 0.225. The average Bonchev–Trinajstić information content (AvgIpc) is 2.87. The van der Waals surface area contributed by atoms with Gasteiger partial charge in [0.05, 0.1) is 31.8 Å². The third-order valence-electron chi connectivity index (χ3n) is 5.73. The molecule has 0 saturated carbocycles. The summed E-state index contributed by atoms with van der Waals surface area (Å²) < 4.78 is 6.54. The van der Waals surface area contributed by atoms with E-state index < -0.39 is 0 Å². The predicted octanol–water partition coefficient (Wildman–Crippen LogP) is 2.23. The number of aromatic nitrogens is 2. The summed E-state index contributed by atoms with van der Waals surface area (Å²) >= 11 is 0. The quantitative estimate of drug-likeness (QED) is 0.378. The van der Waals surface area contributed by atoms with Crippen molar-refractivity contribution in [2.45, 2.75) is 13.0 Å². The molecule has 7 heteroatoms. The number of methoxy groups -OCH3 is 1. The maximum atomic E-state index is 13.1. The van der Waals surface area contributed by atoms with Gasteiger partial charge in [-0.05, 0) is 18.2 Å². The highest BCUT2D eigenvalue weighted by Crippen LogP contribution is 2.18. The third-order valence-corrected chi connectivity index (χ3v) is 5.73. The number of quaternary nitrogens is 1. The van der Waals surface area contributed by atoms with E-state index in [9.17, 15) is 9.59 Å². The summed E-state index contributed by atoms with van der Waals surface area (Å²) in [5, 5.41) is 8.40. The normalized spacial score (nSPS) is 11.8. The smallest absolute Gasteiger partial charge is 0.279 e. The molecule has 7 nitrogen and oxygen atoms in total. The van der Waals surface area contributed by atoms with Gasteiger partial charge in [0.1, 0.15) is 12.3 Å². The fraction of sp³-hybridized carbons (Fsp3) is 0.222. The first kappa shape index (κ1) is 23.2. The molecular weight excluding hydrogens is 428 g/mol. The van der Waals surface area contributed by atoms with Gasteiger partial charge in [0.15, 0.2) is 5.69 Å². The van der Waals surface area contributed by atoms with Crippen LogP contribution >= 0.6 is 0 Å². The van der Waals surface area contributed by atoms with Gasteiger partial charge in [0, 0.05) is 30.0 Å². The maximum Gasteiger partial charge on any atom is 0.279 e. The third kappa shape index (κ3) is 5.32. The summed E-state index contributed by atoms with van der Waals surface area (Å²) in [7, 11) is 3.71. The number of benzene rings is 3. The van der Waals surface area contributed by atoms with Crippen LogP contribution in [0.5, 0.6) is 5.75 Å². The second-order valence-electron chi connectivity index (χ2n) is 8.29. The molecule has 0 spiro atoms. The minimum atomic E-state index is -0.298. The highest BCUT2D eigenvalue weighted by molar-refractivity contribution is 6.04. The molecule has 4 aromatic rings. The molecule has 0 aliphatic carbocycles. The zero-order valence-electron chi connectivity index (χ0n) is 19.5. The second kappa shape index (κ2) is 10.8. The van der Waals surface area contributed by atoms with Crippen LogP contribution in [0.2, 0.25) is 0 Å². The van der Waals surface area contributed by atoms with Crippen molar-refractivity contribution < 1.29 is 14.4 Å². The lowest BCUT2D eigenvalue weighted by Gasteiger charge is -2.15. The van der Waals surface area contributed by atoms with E-state index in [0.29, 0.717) is 28.8 Å². The molecular formula is C27H29N4O3+. The second-order valence-corrected chi connectivity index (χ2v) is 8.29. The Hall–Kier alpha value is -3.97. The summed E-state index contributed by atoms with van der Waals surface area (Å²) in [4.78, 5) is 27.6. The Kier molecular flexibility index (Phi) is 7.34. The van der Waals surface area contributed by atoms with Crippen LogP contribution in [-0.4, -0.2) is 42.9 Å². The van der Waals surface area contributed by atoms with Crippen molar-refractivity contribution in [3.8, 4) is 11.4 Å². The number of ether oxygens (including phenoxy) is 1. The molecule has 34 heavy (non-hydrogen) atoms. The largest absolute Gasteiger partial charge is 0.497 e. The average molecular weight is 458 g/mol. The summed E-state index contributed by atoms with van der Waals surface area (Å²) in [6, 6.07) is 24.5. The van der Waals surface area contributed by atoms with Crippen molar-refractivity contribution in [2.24, 2.45) is 0 Å². The molecule has 0 fully saturated rings. The van der Waals surface area contributed by atoms with Crippen LogP contribution in [0.4, 0.5) is 0 Å². The highest BCUT2D eigenvalue weighted by atomic mass is 16.5. The number of nitrogens with one attached hydrogen (secondary N) is 2. The van der Waals surface area contributed by atoms with E-state index in [1.165, 1.54) is 15.1 Å². The number of hydrogen-bond acceptors (Lipinski definition) is 4. The van der Waals surface area contributed by atoms with Gasteiger partial charge in [-0.3, -0.25) is 9.59 Å². The molecule has 0 aliphatic rings. The van der Waals surface area contributed by atoms with E-state index in [-0.39, 0.29) is 17.2 Å². The van der Waals surface area contributed by atoms with Crippen molar-refractivity contribution >= 4 is 16.7 Å². The molecule has 0 radical (unpaired) electrons. The summed E-state index contributed by atoms with van der Waals surface area (Å²) in [5.74, 6) is 0.307. The van der Waals surface area contributed by atoms with Crippen molar-refractivity contribution in [3.63, 3.8) is 0 Å². The molecule has 1 unspecified atom stereocenters. The predicted molar refractivity (Wildman–Crippen MR) is 133 cm³/mol.